The third kappa shape index (κ3) is 11.4. The highest BCUT2D eigenvalue weighted by molar-refractivity contribution is 5.94. The number of carboxylic acids is 2. The van der Waals surface area contributed by atoms with Crippen molar-refractivity contribution >= 4 is 29.7 Å². The molecular formula is C21H39N5O8. The smallest absolute Gasteiger partial charge is 0.326 e. The van der Waals surface area contributed by atoms with Crippen LogP contribution in [0.15, 0.2) is 0 Å². The number of carboxylic acid groups (broad SMARTS) is 2. The zero-order valence-electron chi connectivity index (χ0n) is 20.0. The predicted octanol–water partition coefficient (Wildman–Crippen LogP) is -1.73. The van der Waals surface area contributed by atoms with Crippen LogP contribution >= 0.6 is 0 Å². The summed E-state index contributed by atoms with van der Waals surface area (Å²) in [5, 5.41) is 35.1. The number of nitrogens with one attached hydrogen (secondary N) is 3. The fourth-order valence-electron chi connectivity index (χ4n) is 2.99. The fraction of sp³-hybridized carbons (Fsp3) is 0.762. The highest BCUT2D eigenvalue weighted by Gasteiger charge is 2.33. The van der Waals surface area contributed by atoms with E-state index in [1.165, 1.54) is 6.92 Å². The van der Waals surface area contributed by atoms with E-state index < -0.39 is 66.4 Å². The Bertz CT molecular complexity index is 703. The van der Waals surface area contributed by atoms with Crippen molar-refractivity contribution in [2.24, 2.45) is 17.4 Å². The minimum atomic E-state index is -1.55. The van der Waals surface area contributed by atoms with E-state index in [-0.39, 0.29) is 18.8 Å². The molecule has 0 rings (SSSR count). The second-order valence-corrected chi connectivity index (χ2v) is 8.32. The highest BCUT2D eigenvalue weighted by Crippen LogP contribution is 2.08. The second kappa shape index (κ2) is 16.0. The van der Waals surface area contributed by atoms with Gasteiger partial charge in [-0.1, -0.05) is 20.3 Å². The quantitative estimate of drug-likeness (QED) is 0.107. The van der Waals surface area contributed by atoms with Gasteiger partial charge in [-0.15, -0.1) is 0 Å². The normalized spacial score (nSPS) is 16.3. The Labute approximate surface area is 199 Å². The van der Waals surface area contributed by atoms with Gasteiger partial charge in [0.25, 0.3) is 0 Å². The van der Waals surface area contributed by atoms with Crippen molar-refractivity contribution in [2.45, 2.75) is 89.6 Å². The van der Waals surface area contributed by atoms with Gasteiger partial charge in [-0.2, -0.15) is 0 Å². The summed E-state index contributed by atoms with van der Waals surface area (Å²) in [5.74, 6) is -5.16. The number of amides is 3. The van der Waals surface area contributed by atoms with E-state index in [0.29, 0.717) is 25.8 Å². The van der Waals surface area contributed by atoms with E-state index in [4.69, 9.17) is 16.6 Å². The molecule has 0 aromatic heterocycles. The third-order valence-corrected chi connectivity index (χ3v) is 5.46. The maximum absolute atomic E-state index is 12.9. The van der Waals surface area contributed by atoms with Gasteiger partial charge in [-0.3, -0.25) is 19.2 Å². The minimum absolute atomic E-state index is 0.137. The Morgan fingerprint density at radius 2 is 1.44 bits per heavy atom. The van der Waals surface area contributed by atoms with Crippen LogP contribution in [-0.2, 0) is 24.0 Å². The number of aliphatic hydroxyl groups is 1. The molecule has 0 aromatic carbocycles. The van der Waals surface area contributed by atoms with E-state index in [1.807, 2.05) is 6.92 Å². The Morgan fingerprint density at radius 3 is 1.91 bits per heavy atom. The number of nitrogens with two attached hydrogens (primary N) is 2. The molecule has 0 saturated heterocycles. The summed E-state index contributed by atoms with van der Waals surface area (Å²) in [4.78, 5) is 60.1. The first-order chi connectivity index (χ1) is 15.8. The Hall–Kier alpha value is -2.77. The largest absolute Gasteiger partial charge is 0.481 e. The Balaban J connectivity index is 5.46. The number of aliphatic carboxylic acids is 2. The van der Waals surface area contributed by atoms with Gasteiger partial charge in [0.05, 0.1) is 12.1 Å². The lowest BCUT2D eigenvalue weighted by molar-refractivity contribution is -0.144. The second-order valence-electron chi connectivity index (χ2n) is 8.32. The zero-order chi connectivity index (χ0) is 26.4. The van der Waals surface area contributed by atoms with Gasteiger partial charge < -0.3 is 42.7 Å². The molecular weight excluding hydrogens is 450 g/mol. The van der Waals surface area contributed by atoms with Crippen molar-refractivity contribution in [1.29, 1.82) is 0 Å². The van der Waals surface area contributed by atoms with Crippen LogP contribution in [0.1, 0.15) is 59.3 Å². The van der Waals surface area contributed by atoms with Crippen molar-refractivity contribution < 1.29 is 39.3 Å². The molecule has 0 heterocycles. The zero-order valence-corrected chi connectivity index (χ0v) is 20.0. The van der Waals surface area contributed by atoms with E-state index in [0.717, 1.165) is 0 Å². The molecule has 0 radical (unpaired) electrons. The SMILES string of the molecule is CCC(C)C(N)C(=O)NC(CCCCN)C(=O)NC(C(=O)NC(CCC(=O)O)C(=O)O)C(C)O. The molecule has 0 spiro atoms. The van der Waals surface area contributed by atoms with Crippen LogP contribution in [0, 0.1) is 5.92 Å². The standard InChI is InChI=1S/C21H39N5O8/c1-4-11(2)16(23)19(31)24-13(7-5-6-10-22)18(30)26-17(12(3)27)20(32)25-14(21(33)34)8-9-15(28)29/h11-14,16-17,27H,4-10,22-23H2,1-3H3,(H,24,31)(H,25,32)(H,26,30)(H,28,29)(H,33,34). The summed E-state index contributed by atoms with van der Waals surface area (Å²) in [6.07, 6.45) is -0.379. The maximum atomic E-state index is 12.9. The average molecular weight is 490 g/mol. The van der Waals surface area contributed by atoms with Gasteiger partial charge >= 0.3 is 11.9 Å². The Kier molecular flexibility index (Phi) is 14.7. The number of rotatable bonds is 17. The van der Waals surface area contributed by atoms with Crippen LogP contribution < -0.4 is 27.4 Å². The van der Waals surface area contributed by atoms with E-state index in [1.54, 1.807) is 6.92 Å². The molecule has 0 aromatic rings. The lowest BCUT2D eigenvalue weighted by Crippen LogP contribution is -2.60. The molecule has 3 amide bonds. The van der Waals surface area contributed by atoms with Crippen molar-refractivity contribution in [1.82, 2.24) is 16.0 Å². The number of carbonyl (C=O) groups excluding carboxylic acids is 3. The van der Waals surface area contributed by atoms with Gasteiger partial charge in [-0.25, -0.2) is 4.79 Å². The van der Waals surface area contributed by atoms with Crippen molar-refractivity contribution in [2.75, 3.05) is 6.54 Å². The minimum Gasteiger partial charge on any atom is -0.481 e. The lowest BCUT2D eigenvalue weighted by Gasteiger charge is -2.27. The molecule has 13 nitrogen and oxygen atoms in total. The molecule has 196 valence electrons. The molecule has 0 aliphatic carbocycles. The fourth-order valence-corrected chi connectivity index (χ4v) is 2.99. The molecule has 0 saturated carbocycles. The van der Waals surface area contributed by atoms with Crippen LogP contribution in [0.5, 0.6) is 0 Å². The first-order valence-electron chi connectivity index (χ1n) is 11.3. The molecule has 0 fully saturated rings. The predicted molar refractivity (Wildman–Crippen MR) is 122 cm³/mol. The number of hydrogen-bond donors (Lipinski definition) is 8. The van der Waals surface area contributed by atoms with Crippen LogP contribution in [-0.4, -0.2) is 81.8 Å². The van der Waals surface area contributed by atoms with Gasteiger partial charge in [-0.05, 0) is 45.1 Å². The Morgan fingerprint density at radius 1 is 0.853 bits per heavy atom. The summed E-state index contributed by atoms with van der Waals surface area (Å²) < 4.78 is 0. The molecule has 0 aliphatic rings. The summed E-state index contributed by atoms with van der Waals surface area (Å²) in [6.45, 7) is 5.26. The van der Waals surface area contributed by atoms with Crippen LogP contribution in [0.25, 0.3) is 0 Å². The van der Waals surface area contributed by atoms with Gasteiger partial charge in [0.1, 0.15) is 18.1 Å². The van der Waals surface area contributed by atoms with Crippen molar-refractivity contribution in [3.05, 3.63) is 0 Å². The molecule has 6 unspecified atom stereocenters. The molecule has 0 bridgehead atoms. The van der Waals surface area contributed by atoms with Gasteiger partial charge in [0.15, 0.2) is 0 Å². The highest BCUT2D eigenvalue weighted by atomic mass is 16.4. The van der Waals surface area contributed by atoms with Crippen molar-refractivity contribution in [3.63, 3.8) is 0 Å². The molecule has 34 heavy (non-hydrogen) atoms. The van der Waals surface area contributed by atoms with Crippen molar-refractivity contribution in [3.8, 4) is 0 Å². The third-order valence-electron chi connectivity index (χ3n) is 5.46. The van der Waals surface area contributed by atoms with Crippen LogP contribution in [0.2, 0.25) is 0 Å². The molecule has 0 aliphatic heterocycles. The summed E-state index contributed by atoms with van der Waals surface area (Å²) in [5.41, 5.74) is 11.4. The number of aliphatic hydroxyl groups excluding tert-OH is 1. The number of carbonyl (C=O) groups is 5. The van der Waals surface area contributed by atoms with E-state index >= 15 is 0 Å². The van der Waals surface area contributed by atoms with Crippen LogP contribution in [0.4, 0.5) is 0 Å². The van der Waals surface area contributed by atoms with Crippen LogP contribution in [0.3, 0.4) is 0 Å². The first-order valence-corrected chi connectivity index (χ1v) is 11.3. The summed E-state index contributed by atoms with van der Waals surface area (Å²) >= 11 is 0. The first kappa shape index (κ1) is 31.2. The topological polar surface area (TPSA) is 234 Å². The molecule has 13 heteroatoms. The average Bonchev–Trinajstić information content (AvgIpc) is 2.77. The lowest BCUT2D eigenvalue weighted by atomic mass is 9.98. The summed E-state index contributed by atoms with van der Waals surface area (Å²) in [7, 11) is 0. The van der Waals surface area contributed by atoms with Gasteiger partial charge in [0.2, 0.25) is 17.7 Å². The molecule has 6 atom stereocenters. The molecule has 10 N–H and O–H groups in total. The van der Waals surface area contributed by atoms with Gasteiger partial charge in [0, 0.05) is 6.42 Å². The van der Waals surface area contributed by atoms with E-state index in [2.05, 4.69) is 16.0 Å². The summed E-state index contributed by atoms with van der Waals surface area (Å²) in [6, 6.07) is -4.99. The maximum Gasteiger partial charge on any atom is 0.326 e. The van der Waals surface area contributed by atoms with E-state index in [9.17, 15) is 34.2 Å². The number of hydrogen-bond acceptors (Lipinski definition) is 8. The monoisotopic (exact) mass is 489 g/mol. The number of unbranched alkanes of at least 4 members (excludes halogenated alkanes) is 1.